The van der Waals surface area contributed by atoms with E-state index in [-0.39, 0.29) is 5.91 Å². The highest BCUT2D eigenvalue weighted by molar-refractivity contribution is 7.80. The quantitative estimate of drug-likeness (QED) is 0.576. The number of para-hydroxylation sites is 2. The van der Waals surface area contributed by atoms with Gasteiger partial charge in [-0.15, -0.1) is 0 Å². The molecule has 1 N–H and O–H groups in total. The number of nitrogens with zero attached hydrogens (tertiary/aromatic N) is 1. The van der Waals surface area contributed by atoms with Crippen molar-refractivity contribution >= 4 is 35.0 Å². The number of anilines is 1. The number of benzene rings is 2. The molecule has 1 saturated heterocycles. The van der Waals surface area contributed by atoms with Gasteiger partial charge in [0.25, 0.3) is 5.91 Å². The zero-order valence-electron chi connectivity index (χ0n) is 15.4. The Morgan fingerprint density at radius 3 is 2.56 bits per heavy atom. The molecule has 140 valence electrons. The minimum absolute atomic E-state index is 0.200. The summed E-state index contributed by atoms with van der Waals surface area (Å²) in [6.45, 7) is 5.06. The number of thiocarbonyl (C=S) groups is 1. The first-order valence-electron chi connectivity index (χ1n) is 8.96. The van der Waals surface area contributed by atoms with E-state index in [4.69, 9.17) is 21.7 Å². The third-order valence-corrected chi connectivity index (χ3v) is 4.24. The summed E-state index contributed by atoms with van der Waals surface area (Å²) >= 11 is 5.36. The third kappa shape index (κ3) is 4.11. The van der Waals surface area contributed by atoms with E-state index in [1.54, 1.807) is 6.08 Å². The minimum Gasteiger partial charge on any atom is -0.490 e. The summed E-state index contributed by atoms with van der Waals surface area (Å²) in [7, 11) is 0. The van der Waals surface area contributed by atoms with Crippen LogP contribution in [0.1, 0.15) is 25.8 Å². The van der Waals surface area contributed by atoms with Gasteiger partial charge in [0.05, 0.1) is 18.9 Å². The molecule has 5 nitrogen and oxygen atoms in total. The van der Waals surface area contributed by atoms with Gasteiger partial charge in [0.2, 0.25) is 0 Å². The Hall–Kier alpha value is -2.86. The second-order valence-corrected chi connectivity index (χ2v) is 6.31. The number of nitrogens with one attached hydrogen (secondary N) is 1. The highest BCUT2D eigenvalue weighted by Gasteiger charge is 2.32. The molecule has 0 aliphatic carbocycles. The number of hydrogen-bond acceptors (Lipinski definition) is 4. The molecule has 27 heavy (non-hydrogen) atoms. The molecule has 0 atom stereocenters. The molecule has 2 aromatic rings. The summed E-state index contributed by atoms with van der Waals surface area (Å²) in [5.41, 5.74) is 1.90. The van der Waals surface area contributed by atoms with E-state index >= 15 is 0 Å². The zero-order valence-corrected chi connectivity index (χ0v) is 16.2. The van der Waals surface area contributed by atoms with E-state index in [0.29, 0.717) is 35.5 Å². The fourth-order valence-corrected chi connectivity index (χ4v) is 3.07. The van der Waals surface area contributed by atoms with Gasteiger partial charge in [-0.2, -0.15) is 0 Å². The Labute approximate surface area is 164 Å². The number of rotatable bonds is 7. The van der Waals surface area contributed by atoms with Crippen molar-refractivity contribution in [1.29, 1.82) is 0 Å². The van der Waals surface area contributed by atoms with Gasteiger partial charge in [-0.1, -0.05) is 37.3 Å². The number of amides is 1. The Bertz CT molecular complexity index is 865. The summed E-state index contributed by atoms with van der Waals surface area (Å²) in [5, 5.41) is 3.36. The molecule has 2 aromatic carbocycles. The Balaban J connectivity index is 1.96. The van der Waals surface area contributed by atoms with Crippen LogP contribution in [0.2, 0.25) is 0 Å². The molecule has 1 aliphatic rings. The second-order valence-electron chi connectivity index (χ2n) is 5.92. The first kappa shape index (κ1) is 18.9. The van der Waals surface area contributed by atoms with Crippen LogP contribution in [0.5, 0.6) is 11.5 Å². The smallest absolute Gasteiger partial charge is 0.281 e. The molecule has 0 unspecified atom stereocenters. The fourth-order valence-electron chi connectivity index (χ4n) is 2.78. The lowest BCUT2D eigenvalue weighted by molar-refractivity contribution is -0.113. The van der Waals surface area contributed by atoms with Crippen molar-refractivity contribution in [1.82, 2.24) is 5.32 Å². The summed E-state index contributed by atoms with van der Waals surface area (Å²) in [4.78, 5) is 14.4. The molecule has 3 rings (SSSR count). The maximum Gasteiger partial charge on any atom is 0.281 e. The van der Waals surface area contributed by atoms with Crippen molar-refractivity contribution in [3.8, 4) is 11.5 Å². The van der Waals surface area contributed by atoms with Crippen LogP contribution in [-0.4, -0.2) is 24.2 Å². The van der Waals surface area contributed by atoms with Crippen molar-refractivity contribution in [2.45, 2.75) is 20.3 Å². The van der Waals surface area contributed by atoms with Crippen LogP contribution in [0.25, 0.3) is 6.08 Å². The van der Waals surface area contributed by atoms with Gasteiger partial charge < -0.3 is 14.8 Å². The first-order chi connectivity index (χ1) is 13.2. The van der Waals surface area contributed by atoms with E-state index in [2.05, 4.69) is 5.32 Å². The molecule has 0 spiro atoms. The van der Waals surface area contributed by atoms with Gasteiger partial charge in [0.15, 0.2) is 16.6 Å². The summed E-state index contributed by atoms with van der Waals surface area (Å²) in [5.74, 6) is 1.09. The molecule has 0 radical (unpaired) electrons. The summed E-state index contributed by atoms with van der Waals surface area (Å²) in [6, 6.07) is 15.0. The molecule has 0 bridgehead atoms. The van der Waals surface area contributed by atoms with Crippen molar-refractivity contribution in [2.24, 2.45) is 0 Å². The predicted octanol–water partition coefficient (Wildman–Crippen LogP) is 4.14. The van der Waals surface area contributed by atoms with Crippen LogP contribution < -0.4 is 19.7 Å². The third-order valence-electron chi connectivity index (χ3n) is 3.95. The molecule has 1 fully saturated rings. The zero-order chi connectivity index (χ0) is 19.2. The predicted molar refractivity (Wildman–Crippen MR) is 111 cm³/mol. The number of hydrogen-bond donors (Lipinski definition) is 1. The first-order valence-corrected chi connectivity index (χ1v) is 9.37. The average Bonchev–Trinajstić information content (AvgIpc) is 2.95. The van der Waals surface area contributed by atoms with Crippen LogP contribution >= 0.6 is 12.2 Å². The number of carbonyl (C=O) groups is 1. The summed E-state index contributed by atoms with van der Waals surface area (Å²) < 4.78 is 11.6. The van der Waals surface area contributed by atoms with Crippen molar-refractivity contribution < 1.29 is 14.3 Å². The Morgan fingerprint density at radius 1 is 1.07 bits per heavy atom. The van der Waals surface area contributed by atoms with Crippen molar-refractivity contribution in [2.75, 3.05) is 18.1 Å². The average molecular weight is 382 g/mol. The SMILES string of the molecule is CCCOc1c(/C=C2\NC(=S)N(c3ccccc3)C2=O)cccc1OCC. The van der Waals surface area contributed by atoms with Gasteiger partial charge in [0, 0.05) is 5.56 Å². The van der Waals surface area contributed by atoms with Gasteiger partial charge in [-0.05, 0) is 49.8 Å². The molecule has 6 heteroatoms. The fraction of sp³-hybridized carbons (Fsp3) is 0.238. The molecule has 1 heterocycles. The van der Waals surface area contributed by atoms with Crippen molar-refractivity contribution in [3.05, 3.63) is 59.8 Å². The second kappa shape index (κ2) is 8.68. The molecular formula is C21H22N2O3S. The van der Waals surface area contributed by atoms with Gasteiger partial charge in [0.1, 0.15) is 5.70 Å². The van der Waals surface area contributed by atoms with E-state index in [0.717, 1.165) is 17.7 Å². The maximum atomic E-state index is 12.9. The highest BCUT2D eigenvalue weighted by Crippen LogP contribution is 2.34. The number of ether oxygens (including phenoxy) is 2. The lowest BCUT2D eigenvalue weighted by Gasteiger charge is -2.14. The van der Waals surface area contributed by atoms with Crippen LogP contribution in [0, 0.1) is 0 Å². The van der Waals surface area contributed by atoms with Crippen LogP contribution in [-0.2, 0) is 4.79 Å². The standard InChI is InChI=1S/C21H22N2O3S/c1-3-13-26-19-15(9-8-12-18(19)25-4-2)14-17-20(24)23(21(27)22-17)16-10-6-5-7-11-16/h5-12,14H,3-4,13H2,1-2H3,(H,22,27)/b17-14-. The Morgan fingerprint density at radius 2 is 1.85 bits per heavy atom. The van der Waals surface area contributed by atoms with Crippen LogP contribution in [0.4, 0.5) is 5.69 Å². The normalized spacial score (nSPS) is 15.2. The monoisotopic (exact) mass is 382 g/mol. The molecule has 0 saturated carbocycles. The highest BCUT2D eigenvalue weighted by atomic mass is 32.1. The van der Waals surface area contributed by atoms with E-state index in [1.165, 1.54) is 4.90 Å². The van der Waals surface area contributed by atoms with Gasteiger partial charge in [-0.3, -0.25) is 9.69 Å². The largest absolute Gasteiger partial charge is 0.490 e. The van der Waals surface area contributed by atoms with Gasteiger partial charge in [-0.25, -0.2) is 0 Å². The topological polar surface area (TPSA) is 50.8 Å². The molecule has 0 aromatic heterocycles. The van der Waals surface area contributed by atoms with E-state index in [9.17, 15) is 4.79 Å². The van der Waals surface area contributed by atoms with Crippen LogP contribution in [0.15, 0.2) is 54.2 Å². The molecule has 1 amide bonds. The maximum absolute atomic E-state index is 12.9. The lowest BCUT2D eigenvalue weighted by Crippen LogP contribution is -2.30. The van der Waals surface area contributed by atoms with E-state index in [1.807, 2.05) is 62.4 Å². The lowest BCUT2D eigenvalue weighted by atomic mass is 10.1. The van der Waals surface area contributed by atoms with Crippen LogP contribution in [0.3, 0.4) is 0 Å². The number of carbonyl (C=O) groups excluding carboxylic acids is 1. The minimum atomic E-state index is -0.200. The summed E-state index contributed by atoms with van der Waals surface area (Å²) in [6.07, 6.45) is 2.63. The van der Waals surface area contributed by atoms with E-state index < -0.39 is 0 Å². The van der Waals surface area contributed by atoms with Crippen molar-refractivity contribution in [3.63, 3.8) is 0 Å². The molecule has 1 aliphatic heterocycles. The van der Waals surface area contributed by atoms with Gasteiger partial charge >= 0.3 is 0 Å². The Kier molecular flexibility index (Phi) is 6.08. The molecular weight excluding hydrogens is 360 g/mol.